The van der Waals surface area contributed by atoms with Gasteiger partial charge in [-0.2, -0.15) is 0 Å². The maximum atomic E-state index is 10.8. The number of hydrogen-bond acceptors (Lipinski definition) is 4. The van der Waals surface area contributed by atoms with Crippen molar-refractivity contribution >= 4 is 0 Å². The Morgan fingerprint density at radius 1 is 0.968 bits per heavy atom. The average Bonchev–Trinajstić information content (AvgIpc) is 3.11. The van der Waals surface area contributed by atoms with Crippen molar-refractivity contribution in [1.29, 1.82) is 0 Å². The molecule has 172 valence electrons. The Morgan fingerprint density at radius 2 is 1.68 bits per heavy atom. The summed E-state index contributed by atoms with van der Waals surface area (Å²) in [5.74, 6) is 2.15. The smallest absolute Gasteiger partial charge is 0.164 e. The van der Waals surface area contributed by atoms with E-state index in [9.17, 15) is 15.3 Å². The SMILES string of the molecule is Cc1cc(O)c(O)c2c1O[C@@]1(C2)[C@@H](C)CC[C@@H]2[C@@]3(C)CC[C@H](O)C(C)(C)[C@H]3CC[C@]21C. The van der Waals surface area contributed by atoms with Crippen molar-refractivity contribution in [3.8, 4) is 17.2 Å². The molecule has 1 aromatic rings. The molecule has 3 aliphatic carbocycles. The van der Waals surface area contributed by atoms with E-state index in [1.54, 1.807) is 6.07 Å². The zero-order chi connectivity index (χ0) is 22.6. The van der Waals surface area contributed by atoms with Crippen LogP contribution in [0.15, 0.2) is 6.07 Å². The molecule has 0 bridgehead atoms. The van der Waals surface area contributed by atoms with Crippen molar-refractivity contribution in [3.63, 3.8) is 0 Å². The lowest BCUT2D eigenvalue weighted by molar-refractivity contribution is -0.238. The molecule has 3 N–H and O–H groups in total. The number of ether oxygens (including phenoxy) is 1. The zero-order valence-electron chi connectivity index (χ0n) is 20.1. The minimum absolute atomic E-state index is 0.00258. The highest BCUT2D eigenvalue weighted by molar-refractivity contribution is 5.59. The van der Waals surface area contributed by atoms with Crippen LogP contribution in [0, 0.1) is 40.9 Å². The van der Waals surface area contributed by atoms with E-state index >= 15 is 0 Å². The van der Waals surface area contributed by atoms with Gasteiger partial charge in [-0.1, -0.05) is 34.6 Å². The van der Waals surface area contributed by atoms with Crippen molar-refractivity contribution in [3.05, 3.63) is 17.2 Å². The van der Waals surface area contributed by atoms with Crippen LogP contribution in [0.1, 0.15) is 84.3 Å². The van der Waals surface area contributed by atoms with Crippen molar-refractivity contribution < 1.29 is 20.1 Å². The van der Waals surface area contributed by atoms with Gasteiger partial charge >= 0.3 is 0 Å². The Balaban J connectivity index is 1.61. The molecule has 3 fully saturated rings. The number of aryl methyl sites for hydroxylation is 1. The van der Waals surface area contributed by atoms with Crippen LogP contribution in [0.4, 0.5) is 0 Å². The zero-order valence-corrected chi connectivity index (χ0v) is 20.1. The third kappa shape index (κ3) is 2.46. The van der Waals surface area contributed by atoms with Crippen molar-refractivity contribution in [2.45, 2.75) is 98.2 Å². The molecule has 5 rings (SSSR count). The Labute approximate surface area is 187 Å². The molecule has 0 unspecified atom stereocenters. The van der Waals surface area contributed by atoms with Crippen LogP contribution in [0.5, 0.6) is 17.2 Å². The summed E-state index contributed by atoms with van der Waals surface area (Å²) in [5.41, 5.74) is 1.44. The Morgan fingerprint density at radius 3 is 2.39 bits per heavy atom. The van der Waals surface area contributed by atoms with Gasteiger partial charge in [0.25, 0.3) is 0 Å². The second kappa shape index (κ2) is 6.34. The normalized spacial score (nSPS) is 45.5. The number of benzene rings is 1. The first-order valence-corrected chi connectivity index (χ1v) is 12.3. The molecular formula is C27H40O4. The summed E-state index contributed by atoms with van der Waals surface area (Å²) in [5, 5.41) is 31.8. The highest BCUT2D eigenvalue weighted by Crippen LogP contribution is 2.72. The predicted molar refractivity (Wildman–Crippen MR) is 121 cm³/mol. The monoisotopic (exact) mass is 428 g/mol. The lowest BCUT2D eigenvalue weighted by Gasteiger charge is -2.69. The molecule has 4 heteroatoms. The Kier molecular flexibility index (Phi) is 4.38. The fourth-order valence-corrected chi connectivity index (χ4v) is 9.13. The molecule has 1 spiro atoms. The van der Waals surface area contributed by atoms with Crippen LogP contribution < -0.4 is 4.74 Å². The van der Waals surface area contributed by atoms with E-state index in [2.05, 4.69) is 34.6 Å². The molecular weight excluding hydrogens is 388 g/mol. The average molecular weight is 429 g/mol. The third-order valence-electron chi connectivity index (χ3n) is 10.9. The molecule has 4 nitrogen and oxygen atoms in total. The summed E-state index contributed by atoms with van der Waals surface area (Å²) in [4.78, 5) is 0. The molecule has 4 aliphatic rings. The first kappa shape index (κ1) is 21.4. The maximum Gasteiger partial charge on any atom is 0.164 e. The number of phenolic OH excluding ortho intramolecular Hbond substituents is 2. The van der Waals surface area contributed by atoms with Crippen molar-refractivity contribution in [2.24, 2.45) is 34.0 Å². The molecule has 1 aliphatic heterocycles. The topological polar surface area (TPSA) is 69.9 Å². The Bertz CT molecular complexity index is 922. The van der Waals surface area contributed by atoms with Crippen molar-refractivity contribution in [2.75, 3.05) is 0 Å². The molecule has 1 heterocycles. The molecule has 0 radical (unpaired) electrons. The van der Waals surface area contributed by atoms with E-state index < -0.39 is 0 Å². The molecule has 0 amide bonds. The van der Waals surface area contributed by atoms with Gasteiger partial charge in [0.1, 0.15) is 11.4 Å². The highest BCUT2D eigenvalue weighted by Gasteiger charge is 2.70. The van der Waals surface area contributed by atoms with Crippen LogP contribution in [-0.4, -0.2) is 27.0 Å². The van der Waals surface area contributed by atoms with E-state index in [-0.39, 0.29) is 39.4 Å². The molecule has 7 atom stereocenters. The second-order valence-corrected chi connectivity index (χ2v) is 12.5. The summed E-state index contributed by atoms with van der Waals surface area (Å²) in [6, 6.07) is 1.63. The van der Waals surface area contributed by atoms with Crippen LogP contribution in [0.25, 0.3) is 0 Å². The molecule has 31 heavy (non-hydrogen) atoms. The molecule has 1 aromatic carbocycles. The summed E-state index contributed by atoms with van der Waals surface area (Å²) < 4.78 is 6.96. The number of rotatable bonds is 0. The van der Waals surface area contributed by atoms with E-state index in [1.165, 1.54) is 6.42 Å². The minimum atomic E-state index is -0.359. The summed E-state index contributed by atoms with van der Waals surface area (Å²) in [6.07, 6.45) is 6.91. The number of aliphatic hydroxyl groups excluding tert-OH is 1. The summed E-state index contributed by atoms with van der Waals surface area (Å²) in [6.45, 7) is 13.8. The summed E-state index contributed by atoms with van der Waals surface area (Å²) in [7, 11) is 0. The first-order valence-electron chi connectivity index (χ1n) is 12.3. The van der Waals surface area contributed by atoms with E-state index in [0.29, 0.717) is 24.2 Å². The number of phenols is 2. The van der Waals surface area contributed by atoms with Gasteiger partial charge in [0.2, 0.25) is 0 Å². The standard InChI is InChI=1S/C27H40O4/c1-15-13-18(28)22(30)17-14-27(31-23(15)17)16(2)7-8-20-25(5)11-10-21(29)24(3,4)19(25)9-12-26(20,27)6/h13,16,19-21,28-30H,7-12,14H2,1-6H3/t16-,19+,20+,21-,25-,26+,27-/m0/s1. The van der Waals surface area contributed by atoms with Gasteiger partial charge in [-0.15, -0.1) is 0 Å². The fourth-order valence-electron chi connectivity index (χ4n) is 9.13. The highest BCUT2D eigenvalue weighted by atomic mass is 16.5. The van der Waals surface area contributed by atoms with Gasteiger partial charge < -0.3 is 20.1 Å². The van der Waals surface area contributed by atoms with Gasteiger partial charge in [-0.3, -0.25) is 0 Å². The van der Waals surface area contributed by atoms with Crippen LogP contribution in [0.2, 0.25) is 0 Å². The third-order valence-corrected chi connectivity index (χ3v) is 10.9. The number of aromatic hydroxyl groups is 2. The number of fused-ring (bicyclic) bond motifs is 5. The van der Waals surface area contributed by atoms with Crippen LogP contribution >= 0.6 is 0 Å². The Hall–Kier alpha value is -1.42. The van der Waals surface area contributed by atoms with Gasteiger partial charge in [-0.25, -0.2) is 0 Å². The quantitative estimate of drug-likeness (QED) is 0.462. The predicted octanol–water partition coefficient (Wildman–Crippen LogP) is 5.73. The fraction of sp³-hybridized carbons (Fsp3) is 0.778. The number of aliphatic hydroxyl groups is 1. The largest absolute Gasteiger partial charge is 0.504 e. The molecule has 0 saturated heterocycles. The maximum absolute atomic E-state index is 10.8. The van der Waals surface area contributed by atoms with E-state index in [4.69, 9.17) is 4.74 Å². The minimum Gasteiger partial charge on any atom is -0.504 e. The van der Waals surface area contributed by atoms with Gasteiger partial charge in [0, 0.05) is 17.4 Å². The first-order chi connectivity index (χ1) is 14.4. The van der Waals surface area contributed by atoms with Gasteiger partial charge in [0.15, 0.2) is 11.5 Å². The summed E-state index contributed by atoms with van der Waals surface area (Å²) >= 11 is 0. The van der Waals surface area contributed by atoms with E-state index in [0.717, 1.165) is 49.0 Å². The van der Waals surface area contributed by atoms with Gasteiger partial charge in [-0.05, 0) is 85.7 Å². The lowest BCUT2D eigenvalue weighted by atomic mass is 9.37. The van der Waals surface area contributed by atoms with E-state index in [1.807, 2.05) is 6.92 Å². The molecule has 3 saturated carbocycles. The van der Waals surface area contributed by atoms with Crippen molar-refractivity contribution in [1.82, 2.24) is 0 Å². The molecule has 0 aromatic heterocycles. The van der Waals surface area contributed by atoms with Crippen LogP contribution in [0.3, 0.4) is 0 Å². The number of hydrogen-bond donors (Lipinski definition) is 3. The van der Waals surface area contributed by atoms with Crippen LogP contribution in [-0.2, 0) is 6.42 Å². The van der Waals surface area contributed by atoms with Gasteiger partial charge in [0.05, 0.1) is 6.10 Å². The second-order valence-electron chi connectivity index (χ2n) is 12.5. The lowest BCUT2D eigenvalue weighted by Crippen LogP contribution is -2.68.